The maximum absolute atomic E-state index is 4.68. The van der Waals surface area contributed by atoms with Gasteiger partial charge >= 0.3 is 0 Å². The van der Waals surface area contributed by atoms with E-state index in [9.17, 15) is 0 Å². The second kappa shape index (κ2) is 1.71. The summed E-state index contributed by atoms with van der Waals surface area (Å²) in [4.78, 5) is 0. The van der Waals surface area contributed by atoms with Crippen molar-refractivity contribution in [1.82, 2.24) is 10.2 Å². The molecule has 0 spiro atoms. The maximum atomic E-state index is 4.68. The molecule has 0 amide bonds. The molecule has 0 N–H and O–H groups in total. The Morgan fingerprint density at radius 3 is 2.43 bits per heavy atom. The molecule has 4 heteroatoms. The molecule has 0 fully saturated rings. The van der Waals surface area contributed by atoms with E-state index in [2.05, 4.69) is 22.8 Å². The number of aryl methyl sites for hydroxylation is 1. The third kappa shape index (κ3) is 1.07. The van der Waals surface area contributed by atoms with Crippen LogP contribution >= 0.6 is 24.0 Å². The van der Waals surface area contributed by atoms with Crippen LogP contribution in [-0.4, -0.2) is 10.2 Å². The highest BCUT2D eigenvalue weighted by Crippen LogP contribution is 2.10. The smallest absolute Gasteiger partial charge is 0.143 e. The van der Waals surface area contributed by atoms with Crippen LogP contribution < -0.4 is 0 Å². The number of aromatic nitrogens is 2. The van der Waals surface area contributed by atoms with E-state index in [1.54, 1.807) is 0 Å². The van der Waals surface area contributed by atoms with Gasteiger partial charge in [0.15, 0.2) is 0 Å². The lowest BCUT2D eigenvalue weighted by molar-refractivity contribution is 0.987. The predicted octanol–water partition coefficient (Wildman–Crippen LogP) is 1.40. The average molecular weight is 131 g/mol. The molecular weight excluding hydrogens is 128 g/mol. The summed E-state index contributed by atoms with van der Waals surface area (Å²) in [5.41, 5.74) is 0. The Hall–Kier alpha value is -0.220. The van der Waals surface area contributed by atoms with Crippen LogP contribution in [0.3, 0.4) is 0 Å². The highest BCUT2D eigenvalue weighted by Gasteiger charge is 1.90. The van der Waals surface area contributed by atoms with Gasteiger partial charge in [-0.3, -0.25) is 0 Å². The van der Waals surface area contributed by atoms with E-state index >= 15 is 0 Å². The minimum Gasteiger partial charge on any atom is -0.143 e. The molecule has 0 atom stereocenters. The molecule has 0 aliphatic carbocycles. The van der Waals surface area contributed by atoms with E-state index < -0.39 is 0 Å². The van der Waals surface area contributed by atoms with E-state index in [1.165, 1.54) is 11.3 Å². The Kier molecular flexibility index (Phi) is 1.21. The van der Waals surface area contributed by atoms with Gasteiger partial charge < -0.3 is 0 Å². The third-order valence-electron chi connectivity index (χ3n) is 0.507. The molecule has 0 saturated heterocycles. The molecule has 7 heavy (non-hydrogen) atoms. The van der Waals surface area contributed by atoms with Gasteiger partial charge in [-0.15, -0.1) is 10.2 Å². The molecule has 0 aliphatic rings. The van der Waals surface area contributed by atoms with Crippen LogP contribution in [0.15, 0.2) is 4.34 Å². The van der Waals surface area contributed by atoms with Gasteiger partial charge in [0, 0.05) is 0 Å². The molecule has 0 saturated carbocycles. The monoisotopic (exact) mass is 131 g/mol. The molecule has 1 rings (SSSR count). The first-order valence-electron chi connectivity index (χ1n) is 1.76. The van der Waals surface area contributed by atoms with Crippen molar-refractivity contribution in [3.05, 3.63) is 5.01 Å². The van der Waals surface area contributed by atoms with Crippen LogP contribution in [-0.2, 0) is 0 Å². The molecule has 0 aliphatic heterocycles. The molecule has 37 valence electrons. The van der Waals surface area contributed by atoms with Gasteiger partial charge in [0.1, 0.15) is 5.01 Å². The van der Waals surface area contributed by atoms with Gasteiger partial charge in [-0.1, -0.05) is 11.3 Å². The van der Waals surface area contributed by atoms with E-state index in [0.29, 0.717) is 4.34 Å². The molecule has 0 bridgehead atoms. The second-order valence-corrected chi connectivity index (χ2v) is 2.91. The van der Waals surface area contributed by atoms with Gasteiger partial charge in [-0.05, 0) is 19.6 Å². The molecule has 1 radical (unpaired) electrons. The lowest BCUT2D eigenvalue weighted by Gasteiger charge is -1.63. The number of nitrogens with zero attached hydrogens (tertiary/aromatic N) is 2. The van der Waals surface area contributed by atoms with Crippen LogP contribution in [0.4, 0.5) is 0 Å². The van der Waals surface area contributed by atoms with Crippen LogP contribution in [0, 0.1) is 6.92 Å². The van der Waals surface area contributed by atoms with Gasteiger partial charge in [0.05, 0.1) is 0 Å². The van der Waals surface area contributed by atoms with Crippen molar-refractivity contribution in [2.75, 3.05) is 0 Å². The molecular formula is C3H3N2S2. The Morgan fingerprint density at radius 1 is 1.57 bits per heavy atom. The lowest BCUT2D eigenvalue weighted by Crippen LogP contribution is -1.66. The Balaban J connectivity index is 3.04. The first kappa shape index (κ1) is 4.93. The summed E-state index contributed by atoms with van der Waals surface area (Å²) in [5, 5.41) is 8.22. The summed E-state index contributed by atoms with van der Waals surface area (Å²) in [5.74, 6) is 0. The number of rotatable bonds is 0. The zero-order chi connectivity index (χ0) is 5.28. The summed E-state index contributed by atoms with van der Waals surface area (Å²) in [6.07, 6.45) is 0. The van der Waals surface area contributed by atoms with Crippen LogP contribution in [0.1, 0.15) is 5.01 Å². The summed E-state index contributed by atoms with van der Waals surface area (Å²) in [6.45, 7) is 1.88. The van der Waals surface area contributed by atoms with Gasteiger partial charge in [-0.2, -0.15) is 0 Å². The topological polar surface area (TPSA) is 25.8 Å². The zero-order valence-corrected chi connectivity index (χ0v) is 5.34. The Morgan fingerprint density at radius 2 is 2.29 bits per heavy atom. The molecule has 1 heterocycles. The normalized spacial score (nSPS) is 9.29. The largest absolute Gasteiger partial charge is 0.204 e. The fourth-order valence-corrected chi connectivity index (χ4v) is 1.10. The average Bonchev–Trinajstić information content (AvgIpc) is 1.87. The summed E-state index contributed by atoms with van der Waals surface area (Å²) >= 11 is 6.11. The molecule has 1 aromatic heterocycles. The second-order valence-electron chi connectivity index (χ2n) is 1.09. The fourth-order valence-electron chi connectivity index (χ4n) is 0.278. The van der Waals surface area contributed by atoms with Gasteiger partial charge in [0.2, 0.25) is 4.34 Å². The minimum absolute atomic E-state index is 0.623. The highest BCUT2D eigenvalue weighted by atomic mass is 32.2. The van der Waals surface area contributed by atoms with Crippen molar-refractivity contribution in [2.45, 2.75) is 11.3 Å². The molecule has 1 aromatic rings. The van der Waals surface area contributed by atoms with Crippen LogP contribution in [0.5, 0.6) is 0 Å². The Bertz CT molecular complexity index is 143. The fraction of sp³-hybridized carbons (Fsp3) is 0.333. The van der Waals surface area contributed by atoms with Crippen molar-refractivity contribution in [3.63, 3.8) is 0 Å². The maximum Gasteiger partial charge on any atom is 0.204 e. The van der Waals surface area contributed by atoms with E-state index in [1.807, 2.05) is 6.92 Å². The third-order valence-corrected chi connectivity index (χ3v) is 1.47. The van der Waals surface area contributed by atoms with E-state index in [-0.39, 0.29) is 0 Å². The number of hydrogen-bond acceptors (Lipinski definition) is 3. The SMILES string of the molecule is Cc1nnc([S])s1. The molecule has 0 aromatic carbocycles. The van der Waals surface area contributed by atoms with Crippen LogP contribution in [0.25, 0.3) is 0 Å². The summed E-state index contributed by atoms with van der Waals surface area (Å²) in [7, 11) is 0. The summed E-state index contributed by atoms with van der Waals surface area (Å²) < 4.78 is 0.623. The van der Waals surface area contributed by atoms with Crippen molar-refractivity contribution in [2.24, 2.45) is 0 Å². The quantitative estimate of drug-likeness (QED) is 0.532. The highest BCUT2D eigenvalue weighted by molar-refractivity contribution is 7.82. The summed E-state index contributed by atoms with van der Waals surface area (Å²) in [6, 6.07) is 0. The van der Waals surface area contributed by atoms with Crippen LogP contribution in [0.2, 0.25) is 0 Å². The predicted molar refractivity (Wildman–Crippen MR) is 30.5 cm³/mol. The first-order valence-corrected chi connectivity index (χ1v) is 2.98. The van der Waals surface area contributed by atoms with Crippen molar-refractivity contribution >= 4 is 24.0 Å². The molecule has 0 unspecified atom stereocenters. The molecule has 2 nitrogen and oxygen atoms in total. The minimum atomic E-state index is 0.623. The first-order chi connectivity index (χ1) is 3.29. The van der Waals surface area contributed by atoms with Crippen molar-refractivity contribution < 1.29 is 0 Å². The van der Waals surface area contributed by atoms with E-state index in [4.69, 9.17) is 0 Å². The Labute approximate surface area is 51.0 Å². The van der Waals surface area contributed by atoms with Gasteiger partial charge in [0.25, 0.3) is 0 Å². The van der Waals surface area contributed by atoms with E-state index in [0.717, 1.165) is 5.01 Å². The zero-order valence-electron chi connectivity index (χ0n) is 3.71. The van der Waals surface area contributed by atoms with Crippen molar-refractivity contribution in [1.29, 1.82) is 0 Å². The number of hydrogen-bond donors (Lipinski definition) is 0. The standard InChI is InChI=1S/C3H3N2S2/c1-2-4-5-3(6)7-2/h1H3. The van der Waals surface area contributed by atoms with Crippen molar-refractivity contribution in [3.8, 4) is 0 Å². The van der Waals surface area contributed by atoms with Gasteiger partial charge in [-0.25, -0.2) is 0 Å². The lowest BCUT2D eigenvalue weighted by atomic mass is 10.9.